The number of halogens is 1. The molecule has 0 unspecified atom stereocenters. The monoisotopic (exact) mass is 391 g/mol. The van der Waals surface area contributed by atoms with E-state index in [0.717, 1.165) is 5.56 Å². The van der Waals surface area contributed by atoms with Gasteiger partial charge in [-0.3, -0.25) is 4.79 Å². The van der Waals surface area contributed by atoms with Crippen molar-refractivity contribution in [2.45, 2.75) is 26.7 Å². The van der Waals surface area contributed by atoms with E-state index in [1.54, 1.807) is 0 Å². The fraction of sp³-hybridized carbons (Fsp3) is 0.300. The van der Waals surface area contributed by atoms with Crippen LogP contribution in [0.5, 0.6) is 11.5 Å². The van der Waals surface area contributed by atoms with Crippen LogP contribution in [0.1, 0.15) is 41.3 Å². The molecule has 0 aliphatic heterocycles. The Kier molecular flexibility index (Phi) is 6.69. The first kappa shape index (κ1) is 20.6. The lowest BCUT2D eigenvalue weighted by Crippen LogP contribution is -2.20. The average Bonchev–Trinajstić information content (AvgIpc) is 2.60. The van der Waals surface area contributed by atoms with Crippen LogP contribution in [0.2, 0.25) is 5.02 Å². The van der Waals surface area contributed by atoms with E-state index in [4.69, 9.17) is 26.2 Å². The van der Waals surface area contributed by atoms with E-state index in [1.165, 1.54) is 24.8 Å². The maximum absolute atomic E-state index is 12.2. The number of carbonyl (C=O) groups excluding carboxylic acids is 1. The van der Waals surface area contributed by atoms with Gasteiger partial charge in [-0.1, -0.05) is 31.5 Å². The predicted octanol–water partition coefficient (Wildman–Crippen LogP) is 4.50. The van der Waals surface area contributed by atoms with E-state index in [0.29, 0.717) is 11.7 Å². The molecule has 2 rings (SSSR count). The molecule has 6 nitrogen and oxygen atoms in total. The van der Waals surface area contributed by atoms with E-state index in [-0.39, 0.29) is 28.6 Å². The molecule has 0 radical (unpaired) electrons. The van der Waals surface area contributed by atoms with Crippen molar-refractivity contribution >= 4 is 29.2 Å². The number of benzene rings is 2. The number of carboxylic acid groups (broad SMARTS) is 1. The Bertz CT molecular complexity index is 864. The van der Waals surface area contributed by atoms with Crippen molar-refractivity contribution in [3.8, 4) is 11.5 Å². The summed E-state index contributed by atoms with van der Waals surface area (Å²) >= 11 is 6.06. The van der Waals surface area contributed by atoms with Crippen LogP contribution in [-0.2, 0) is 4.79 Å². The summed E-state index contributed by atoms with van der Waals surface area (Å²) in [7, 11) is 1.34. The van der Waals surface area contributed by atoms with Gasteiger partial charge in [-0.15, -0.1) is 0 Å². The van der Waals surface area contributed by atoms with Gasteiger partial charge in [0.05, 0.1) is 17.8 Å². The fourth-order valence-electron chi connectivity index (χ4n) is 2.71. The van der Waals surface area contributed by atoms with E-state index >= 15 is 0 Å². The van der Waals surface area contributed by atoms with Crippen molar-refractivity contribution < 1.29 is 24.2 Å². The summed E-state index contributed by atoms with van der Waals surface area (Å²) in [4.78, 5) is 23.3. The molecule has 2 N–H and O–H groups in total. The number of ether oxygens (including phenoxy) is 2. The van der Waals surface area contributed by atoms with Gasteiger partial charge in [-0.2, -0.15) is 0 Å². The summed E-state index contributed by atoms with van der Waals surface area (Å²) in [6, 6.07) is 8.30. The van der Waals surface area contributed by atoms with E-state index < -0.39 is 11.9 Å². The Morgan fingerprint density at radius 2 is 1.93 bits per heavy atom. The molecule has 0 aliphatic carbocycles. The van der Waals surface area contributed by atoms with Gasteiger partial charge in [0.1, 0.15) is 17.1 Å². The third-order valence-corrected chi connectivity index (χ3v) is 4.34. The summed E-state index contributed by atoms with van der Waals surface area (Å²) in [6.07, 6.45) is 0. The van der Waals surface area contributed by atoms with Crippen LogP contribution >= 0.6 is 11.6 Å². The fourth-order valence-corrected chi connectivity index (χ4v) is 2.92. The number of aryl methyl sites for hydroxylation is 1. The van der Waals surface area contributed by atoms with Crippen LogP contribution in [0.4, 0.5) is 5.69 Å². The van der Waals surface area contributed by atoms with Crippen molar-refractivity contribution in [3.63, 3.8) is 0 Å². The van der Waals surface area contributed by atoms with E-state index in [2.05, 4.69) is 19.2 Å². The number of hydrogen-bond acceptors (Lipinski definition) is 4. The summed E-state index contributed by atoms with van der Waals surface area (Å²) in [5.41, 5.74) is 2.49. The number of amides is 1. The lowest BCUT2D eigenvalue weighted by atomic mass is 9.98. The first-order chi connectivity index (χ1) is 12.7. The van der Waals surface area contributed by atoms with Crippen molar-refractivity contribution in [2.75, 3.05) is 19.0 Å². The molecule has 2 aromatic rings. The number of methoxy groups -OCH3 is 1. The molecular weight excluding hydrogens is 370 g/mol. The number of hydrogen-bond donors (Lipinski definition) is 2. The highest BCUT2D eigenvalue weighted by Gasteiger charge is 2.16. The number of aromatic carboxylic acids is 1. The highest BCUT2D eigenvalue weighted by molar-refractivity contribution is 6.34. The molecule has 0 heterocycles. The average molecular weight is 392 g/mol. The molecule has 0 atom stereocenters. The molecular formula is C20H22ClNO5. The molecule has 1 amide bonds. The number of carboxylic acids is 1. The van der Waals surface area contributed by atoms with Crippen molar-refractivity contribution in [1.82, 2.24) is 0 Å². The zero-order valence-electron chi connectivity index (χ0n) is 15.6. The topological polar surface area (TPSA) is 84.9 Å². The Labute approximate surface area is 163 Å². The zero-order chi connectivity index (χ0) is 20.1. The molecule has 0 saturated heterocycles. The van der Waals surface area contributed by atoms with Crippen molar-refractivity contribution in [1.29, 1.82) is 0 Å². The van der Waals surface area contributed by atoms with Crippen LogP contribution in [0, 0.1) is 6.92 Å². The minimum Gasteiger partial charge on any atom is -0.496 e. The van der Waals surface area contributed by atoms with Gasteiger partial charge in [0.15, 0.2) is 6.61 Å². The molecule has 0 aliphatic rings. The smallest absolute Gasteiger partial charge is 0.339 e. The Morgan fingerprint density at radius 1 is 1.22 bits per heavy atom. The molecule has 2 aromatic carbocycles. The Balaban J connectivity index is 2.06. The van der Waals surface area contributed by atoms with Crippen LogP contribution in [-0.4, -0.2) is 30.7 Å². The third-order valence-electron chi connectivity index (χ3n) is 4.03. The summed E-state index contributed by atoms with van der Waals surface area (Å²) in [6.45, 7) is 6.02. The SMILES string of the molecule is COc1cc(NC(=O)COc2ccc(C(C)C)c(C)c2)c(Cl)cc1C(=O)O. The molecule has 0 saturated carbocycles. The largest absolute Gasteiger partial charge is 0.496 e. The Hall–Kier alpha value is -2.73. The van der Waals surface area contributed by atoms with E-state index in [1.807, 2.05) is 25.1 Å². The third kappa shape index (κ3) is 5.14. The standard InChI is InChI=1S/C20H22ClNO5/c1-11(2)14-6-5-13(7-12(14)3)27-10-19(23)22-17-9-18(26-4)15(20(24)25)8-16(17)21/h5-9,11H,10H2,1-4H3,(H,22,23)(H,24,25). The first-order valence-electron chi connectivity index (χ1n) is 8.37. The van der Waals surface area contributed by atoms with E-state index in [9.17, 15) is 9.59 Å². The molecule has 0 spiro atoms. The van der Waals surface area contributed by atoms with Gasteiger partial charge >= 0.3 is 5.97 Å². The highest BCUT2D eigenvalue weighted by atomic mass is 35.5. The van der Waals surface area contributed by atoms with Crippen molar-refractivity contribution in [3.05, 3.63) is 52.0 Å². The van der Waals surface area contributed by atoms with Crippen molar-refractivity contribution in [2.24, 2.45) is 0 Å². The molecule has 144 valence electrons. The van der Waals surface area contributed by atoms with Crippen LogP contribution in [0.25, 0.3) is 0 Å². The second-order valence-electron chi connectivity index (χ2n) is 6.35. The van der Waals surface area contributed by atoms with Crippen LogP contribution in [0.3, 0.4) is 0 Å². The van der Waals surface area contributed by atoms with Gasteiger partial charge in [-0.25, -0.2) is 4.79 Å². The number of carbonyl (C=O) groups is 2. The second-order valence-corrected chi connectivity index (χ2v) is 6.75. The summed E-state index contributed by atoms with van der Waals surface area (Å²) < 4.78 is 10.6. The predicted molar refractivity (Wildman–Crippen MR) is 104 cm³/mol. The zero-order valence-corrected chi connectivity index (χ0v) is 16.4. The lowest BCUT2D eigenvalue weighted by molar-refractivity contribution is -0.118. The maximum atomic E-state index is 12.2. The minimum atomic E-state index is -1.17. The van der Waals surface area contributed by atoms with Gasteiger partial charge in [0.25, 0.3) is 5.91 Å². The lowest BCUT2D eigenvalue weighted by Gasteiger charge is -2.13. The molecule has 0 fully saturated rings. The van der Waals surface area contributed by atoms with Gasteiger partial charge < -0.3 is 19.9 Å². The maximum Gasteiger partial charge on any atom is 0.339 e. The summed E-state index contributed by atoms with van der Waals surface area (Å²) in [5, 5.41) is 11.8. The van der Waals surface area contributed by atoms with Crippen LogP contribution in [0.15, 0.2) is 30.3 Å². The quantitative estimate of drug-likeness (QED) is 0.726. The number of nitrogens with one attached hydrogen (secondary N) is 1. The second kappa shape index (κ2) is 8.77. The number of rotatable bonds is 7. The first-order valence-corrected chi connectivity index (χ1v) is 8.74. The number of anilines is 1. The van der Waals surface area contributed by atoms with Gasteiger partial charge in [0.2, 0.25) is 0 Å². The molecule has 0 aromatic heterocycles. The van der Waals surface area contributed by atoms with Crippen LogP contribution < -0.4 is 14.8 Å². The molecule has 27 heavy (non-hydrogen) atoms. The highest BCUT2D eigenvalue weighted by Crippen LogP contribution is 2.31. The summed E-state index contributed by atoms with van der Waals surface area (Å²) in [5.74, 6) is -0.490. The molecule has 0 bridgehead atoms. The van der Waals surface area contributed by atoms with Gasteiger partial charge in [-0.05, 0) is 42.2 Å². The molecule has 7 heteroatoms. The van der Waals surface area contributed by atoms with Gasteiger partial charge in [0, 0.05) is 6.07 Å². The minimum absolute atomic E-state index is 0.0857. The Morgan fingerprint density at radius 3 is 2.48 bits per heavy atom. The normalized spacial score (nSPS) is 10.6.